The molecule has 2 rings (SSSR count). The molecular formula is C15H23NO. The van der Waals surface area contributed by atoms with Crippen molar-refractivity contribution in [1.29, 1.82) is 0 Å². The topological polar surface area (TPSA) is 35.2 Å². The van der Waals surface area contributed by atoms with Crippen LogP contribution in [0.1, 0.15) is 44.7 Å². The molecule has 2 N–H and O–H groups in total. The van der Waals surface area contributed by atoms with Gasteiger partial charge in [-0.15, -0.1) is 0 Å². The summed E-state index contributed by atoms with van der Waals surface area (Å²) in [6.07, 6.45) is 3.85. The van der Waals surface area contributed by atoms with E-state index in [2.05, 4.69) is 26.0 Å². The predicted octanol–water partition coefficient (Wildman–Crippen LogP) is 3.52. The van der Waals surface area contributed by atoms with Crippen molar-refractivity contribution in [3.63, 3.8) is 0 Å². The van der Waals surface area contributed by atoms with E-state index in [9.17, 15) is 0 Å². The first kappa shape index (κ1) is 12.4. The highest BCUT2D eigenvalue weighted by atomic mass is 16.5. The van der Waals surface area contributed by atoms with Gasteiger partial charge in [-0.3, -0.25) is 0 Å². The molecule has 94 valence electrons. The van der Waals surface area contributed by atoms with Crippen molar-refractivity contribution in [2.75, 3.05) is 7.11 Å². The highest BCUT2D eigenvalue weighted by Crippen LogP contribution is 2.47. The molecule has 1 aliphatic rings. The Morgan fingerprint density at radius 2 is 1.94 bits per heavy atom. The number of methoxy groups -OCH3 is 1. The van der Waals surface area contributed by atoms with Crippen molar-refractivity contribution in [3.05, 3.63) is 29.8 Å². The molecule has 0 saturated heterocycles. The van der Waals surface area contributed by atoms with Crippen LogP contribution in [0.5, 0.6) is 5.75 Å². The van der Waals surface area contributed by atoms with Gasteiger partial charge in [0.05, 0.1) is 7.11 Å². The predicted molar refractivity (Wildman–Crippen MR) is 71.0 cm³/mol. The van der Waals surface area contributed by atoms with Crippen molar-refractivity contribution < 1.29 is 4.74 Å². The summed E-state index contributed by atoms with van der Waals surface area (Å²) in [5.74, 6) is 1.49. The Hall–Kier alpha value is -1.02. The summed E-state index contributed by atoms with van der Waals surface area (Å²) in [6, 6.07) is 8.34. The molecule has 0 amide bonds. The number of rotatable bonds is 3. The monoisotopic (exact) mass is 233 g/mol. The van der Waals surface area contributed by atoms with Gasteiger partial charge in [0.2, 0.25) is 0 Å². The van der Waals surface area contributed by atoms with Crippen LogP contribution < -0.4 is 10.5 Å². The van der Waals surface area contributed by atoms with E-state index in [0.29, 0.717) is 11.3 Å². The summed E-state index contributed by atoms with van der Waals surface area (Å²) in [5, 5.41) is 0. The van der Waals surface area contributed by atoms with Crippen LogP contribution in [-0.4, -0.2) is 7.11 Å². The summed E-state index contributed by atoms with van der Waals surface area (Å²) >= 11 is 0. The van der Waals surface area contributed by atoms with E-state index in [1.165, 1.54) is 24.8 Å². The normalized spacial score (nSPS) is 24.6. The van der Waals surface area contributed by atoms with Gasteiger partial charge in [-0.05, 0) is 41.9 Å². The fourth-order valence-electron chi connectivity index (χ4n) is 3.08. The van der Waals surface area contributed by atoms with E-state index in [-0.39, 0.29) is 6.04 Å². The van der Waals surface area contributed by atoms with E-state index in [4.69, 9.17) is 10.5 Å². The Morgan fingerprint density at radius 1 is 1.29 bits per heavy atom. The highest BCUT2D eigenvalue weighted by molar-refractivity contribution is 5.29. The molecule has 1 saturated carbocycles. The molecule has 2 atom stereocenters. The minimum Gasteiger partial charge on any atom is -0.497 e. The SMILES string of the molecule is COc1ccc(C(N)C2CCCC2(C)C)cc1. The van der Waals surface area contributed by atoms with Crippen molar-refractivity contribution in [2.24, 2.45) is 17.1 Å². The standard InChI is InChI=1S/C15H23NO/c1-15(2)10-4-5-13(15)14(16)11-6-8-12(17-3)9-7-11/h6-9,13-14H,4-5,10,16H2,1-3H3. The van der Waals surface area contributed by atoms with Crippen LogP contribution in [0.15, 0.2) is 24.3 Å². The molecule has 1 fully saturated rings. The first-order valence-electron chi connectivity index (χ1n) is 6.44. The Morgan fingerprint density at radius 3 is 2.41 bits per heavy atom. The smallest absolute Gasteiger partial charge is 0.118 e. The molecule has 0 heterocycles. The van der Waals surface area contributed by atoms with Crippen LogP contribution >= 0.6 is 0 Å². The average Bonchev–Trinajstić information content (AvgIpc) is 2.68. The summed E-state index contributed by atoms with van der Waals surface area (Å²) < 4.78 is 5.17. The molecule has 0 bridgehead atoms. The lowest BCUT2D eigenvalue weighted by atomic mass is 9.76. The van der Waals surface area contributed by atoms with Crippen LogP contribution in [0.25, 0.3) is 0 Å². The van der Waals surface area contributed by atoms with Gasteiger partial charge >= 0.3 is 0 Å². The number of ether oxygens (including phenoxy) is 1. The lowest BCUT2D eigenvalue weighted by molar-refractivity contribution is 0.222. The molecule has 2 heteroatoms. The van der Waals surface area contributed by atoms with E-state index in [1.54, 1.807) is 7.11 Å². The van der Waals surface area contributed by atoms with E-state index >= 15 is 0 Å². The summed E-state index contributed by atoms with van der Waals surface area (Å²) in [5.41, 5.74) is 8.03. The molecule has 17 heavy (non-hydrogen) atoms. The van der Waals surface area contributed by atoms with Crippen molar-refractivity contribution >= 4 is 0 Å². The first-order chi connectivity index (χ1) is 8.04. The molecular weight excluding hydrogens is 210 g/mol. The summed E-state index contributed by atoms with van der Waals surface area (Å²) in [6.45, 7) is 4.68. The summed E-state index contributed by atoms with van der Waals surface area (Å²) in [4.78, 5) is 0. The maximum absolute atomic E-state index is 6.43. The van der Waals surface area contributed by atoms with Gasteiger partial charge in [0.1, 0.15) is 5.75 Å². The molecule has 2 nitrogen and oxygen atoms in total. The Kier molecular flexibility index (Phi) is 3.43. The van der Waals surface area contributed by atoms with Crippen molar-refractivity contribution in [2.45, 2.75) is 39.2 Å². The Bertz CT molecular complexity index is 369. The largest absolute Gasteiger partial charge is 0.497 e. The molecule has 1 aromatic rings. The van der Waals surface area contributed by atoms with Gasteiger partial charge in [-0.1, -0.05) is 32.4 Å². The minimum absolute atomic E-state index is 0.151. The molecule has 1 aromatic carbocycles. The zero-order valence-electron chi connectivity index (χ0n) is 11.1. The van der Waals surface area contributed by atoms with Gasteiger partial charge in [-0.25, -0.2) is 0 Å². The number of hydrogen-bond acceptors (Lipinski definition) is 2. The second kappa shape index (κ2) is 4.69. The molecule has 1 aliphatic carbocycles. The van der Waals surface area contributed by atoms with Crippen molar-refractivity contribution in [1.82, 2.24) is 0 Å². The van der Waals surface area contributed by atoms with Gasteiger partial charge in [0.25, 0.3) is 0 Å². The van der Waals surface area contributed by atoms with E-state index in [0.717, 1.165) is 5.75 Å². The third kappa shape index (κ3) is 2.47. The Balaban J connectivity index is 2.16. The van der Waals surface area contributed by atoms with Gasteiger partial charge in [-0.2, -0.15) is 0 Å². The molecule has 0 radical (unpaired) electrons. The quantitative estimate of drug-likeness (QED) is 0.867. The van der Waals surface area contributed by atoms with Gasteiger partial charge in [0.15, 0.2) is 0 Å². The maximum Gasteiger partial charge on any atom is 0.118 e. The molecule has 0 spiro atoms. The van der Waals surface area contributed by atoms with Gasteiger partial charge in [0, 0.05) is 6.04 Å². The Labute approximate surface area is 104 Å². The molecule has 0 aromatic heterocycles. The lowest BCUT2D eigenvalue weighted by Crippen LogP contribution is -2.29. The van der Waals surface area contributed by atoms with Crippen molar-refractivity contribution in [3.8, 4) is 5.75 Å². The number of benzene rings is 1. The third-order valence-corrected chi connectivity index (χ3v) is 4.27. The second-order valence-electron chi connectivity index (χ2n) is 5.79. The number of nitrogens with two attached hydrogens (primary N) is 1. The lowest BCUT2D eigenvalue weighted by Gasteiger charge is -2.32. The second-order valence-corrected chi connectivity index (χ2v) is 5.79. The third-order valence-electron chi connectivity index (χ3n) is 4.27. The highest BCUT2D eigenvalue weighted by Gasteiger charge is 2.38. The minimum atomic E-state index is 0.151. The fraction of sp³-hybridized carbons (Fsp3) is 0.600. The zero-order chi connectivity index (χ0) is 12.5. The zero-order valence-corrected chi connectivity index (χ0v) is 11.1. The van der Waals surface area contributed by atoms with E-state index in [1.807, 2.05) is 12.1 Å². The van der Waals surface area contributed by atoms with Crippen LogP contribution in [0, 0.1) is 11.3 Å². The summed E-state index contributed by atoms with van der Waals surface area (Å²) in [7, 11) is 1.69. The molecule has 2 unspecified atom stereocenters. The first-order valence-corrected chi connectivity index (χ1v) is 6.44. The van der Waals surface area contributed by atoms with Crippen LogP contribution in [-0.2, 0) is 0 Å². The fourth-order valence-corrected chi connectivity index (χ4v) is 3.08. The van der Waals surface area contributed by atoms with E-state index < -0.39 is 0 Å². The van der Waals surface area contributed by atoms with Crippen LogP contribution in [0.3, 0.4) is 0 Å². The van der Waals surface area contributed by atoms with Crippen LogP contribution in [0.2, 0.25) is 0 Å². The van der Waals surface area contributed by atoms with Crippen LogP contribution in [0.4, 0.5) is 0 Å². The average molecular weight is 233 g/mol. The maximum atomic E-state index is 6.43. The van der Waals surface area contributed by atoms with Gasteiger partial charge < -0.3 is 10.5 Å². The molecule has 0 aliphatic heterocycles. The number of hydrogen-bond donors (Lipinski definition) is 1.